The van der Waals surface area contributed by atoms with Gasteiger partial charge in [-0.2, -0.15) is 0 Å². The lowest BCUT2D eigenvalue weighted by Crippen LogP contribution is -2.64. The highest BCUT2D eigenvalue weighted by Gasteiger charge is 2.45. The summed E-state index contributed by atoms with van der Waals surface area (Å²) in [5.41, 5.74) is 0. The molecule has 156 valence electrons. The van der Waals surface area contributed by atoms with Crippen LogP contribution < -0.4 is 5.32 Å². The Morgan fingerprint density at radius 2 is 1.67 bits per heavy atom. The molecule has 0 spiro atoms. The van der Waals surface area contributed by atoms with Crippen molar-refractivity contribution in [2.24, 2.45) is 0 Å². The number of carbonyl (C=O) groups excluding carboxylic acids is 1. The molecule has 1 heterocycles. The third kappa shape index (κ3) is 8.96. The number of aliphatic hydroxyl groups excluding tert-OH is 3. The summed E-state index contributed by atoms with van der Waals surface area (Å²) in [6.07, 6.45) is 0.315. The number of rotatable bonds is 13. The Bertz CT molecular complexity index is 456. The van der Waals surface area contributed by atoms with Gasteiger partial charge in [0.15, 0.2) is 6.29 Å². The van der Waals surface area contributed by atoms with Crippen molar-refractivity contribution in [3.63, 3.8) is 0 Å². The number of hydrogen-bond donors (Lipinski definition) is 4. The molecule has 1 aliphatic heterocycles. The first kappa shape index (κ1) is 23.7. The maximum absolute atomic E-state index is 11.3. The molecule has 5 atom stereocenters. The van der Waals surface area contributed by atoms with E-state index in [0.29, 0.717) is 26.4 Å². The number of ether oxygens (including phenoxy) is 5. The van der Waals surface area contributed by atoms with Gasteiger partial charge in [0.1, 0.15) is 31.0 Å². The van der Waals surface area contributed by atoms with Crippen LogP contribution in [0.1, 0.15) is 6.92 Å². The molecule has 0 aromatic rings. The average Bonchev–Trinajstić information content (AvgIpc) is 2.64. The summed E-state index contributed by atoms with van der Waals surface area (Å²) >= 11 is 0. The van der Waals surface area contributed by atoms with Gasteiger partial charge in [0.05, 0.1) is 46.2 Å². The van der Waals surface area contributed by atoms with Crippen LogP contribution in [0.4, 0.5) is 0 Å². The van der Waals surface area contributed by atoms with Gasteiger partial charge in [0.2, 0.25) is 5.91 Å². The van der Waals surface area contributed by atoms with Crippen molar-refractivity contribution in [3.8, 4) is 12.3 Å². The lowest BCUT2D eigenvalue weighted by atomic mass is 9.97. The van der Waals surface area contributed by atoms with Crippen molar-refractivity contribution in [1.29, 1.82) is 0 Å². The fourth-order valence-corrected chi connectivity index (χ4v) is 2.41. The number of amides is 1. The van der Waals surface area contributed by atoms with Gasteiger partial charge in [-0.1, -0.05) is 5.92 Å². The minimum absolute atomic E-state index is 0.118. The monoisotopic (exact) mass is 391 g/mol. The van der Waals surface area contributed by atoms with E-state index in [1.165, 1.54) is 6.92 Å². The van der Waals surface area contributed by atoms with Crippen LogP contribution in [-0.2, 0) is 28.5 Å². The highest BCUT2D eigenvalue weighted by molar-refractivity contribution is 5.73. The van der Waals surface area contributed by atoms with Gasteiger partial charge in [-0.05, 0) is 0 Å². The lowest BCUT2D eigenvalue weighted by molar-refractivity contribution is -0.272. The number of aliphatic hydroxyl groups is 3. The van der Waals surface area contributed by atoms with Crippen LogP contribution >= 0.6 is 0 Å². The van der Waals surface area contributed by atoms with Gasteiger partial charge in [-0.25, -0.2) is 0 Å². The van der Waals surface area contributed by atoms with Crippen LogP contribution in [0.15, 0.2) is 0 Å². The Labute approximate surface area is 158 Å². The number of nitrogens with one attached hydrogen (secondary N) is 1. The van der Waals surface area contributed by atoms with Crippen LogP contribution in [-0.4, -0.2) is 105 Å². The number of carbonyl (C=O) groups is 1. The fourth-order valence-electron chi connectivity index (χ4n) is 2.41. The first-order chi connectivity index (χ1) is 13.0. The minimum atomic E-state index is -1.34. The van der Waals surface area contributed by atoms with Crippen molar-refractivity contribution in [1.82, 2.24) is 5.32 Å². The van der Waals surface area contributed by atoms with Crippen LogP contribution in [0, 0.1) is 12.3 Å². The van der Waals surface area contributed by atoms with Crippen molar-refractivity contribution in [2.75, 3.05) is 52.9 Å². The second kappa shape index (κ2) is 13.8. The molecule has 27 heavy (non-hydrogen) atoms. The van der Waals surface area contributed by atoms with Crippen LogP contribution in [0.25, 0.3) is 0 Å². The second-order valence-electron chi connectivity index (χ2n) is 5.79. The molecule has 0 radical (unpaired) electrons. The highest BCUT2D eigenvalue weighted by atomic mass is 16.7. The first-order valence-corrected chi connectivity index (χ1v) is 8.69. The SMILES string of the molecule is C#CCOCCOCCOCCO[C@H]1O[C@H](CO)[C@H](O)[C@@H](O)[C@H]1NC(C)=O. The molecule has 1 rings (SSSR count). The quantitative estimate of drug-likeness (QED) is 0.201. The van der Waals surface area contributed by atoms with E-state index in [1.54, 1.807) is 0 Å². The predicted octanol–water partition coefficient (Wildman–Crippen LogP) is -2.37. The minimum Gasteiger partial charge on any atom is -0.394 e. The van der Waals surface area contributed by atoms with Crippen molar-refractivity contribution in [3.05, 3.63) is 0 Å². The highest BCUT2D eigenvalue weighted by Crippen LogP contribution is 2.22. The fraction of sp³-hybridized carbons (Fsp3) is 0.824. The Morgan fingerprint density at radius 3 is 2.22 bits per heavy atom. The summed E-state index contributed by atoms with van der Waals surface area (Å²) in [6, 6.07) is -0.966. The van der Waals surface area contributed by atoms with E-state index in [2.05, 4.69) is 11.2 Å². The normalized spacial score (nSPS) is 27.9. The molecule has 4 N–H and O–H groups in total. The third-order valence-corrected chi connectivity index (χ3v) is 3.69. The standard InChI is InChI=1S/C17H29NO9/c1-3-4-23-5-6-24-7-8-25-9-10-26-17-14(18-12(2)20)16(22)15(21)13(11-19)27-17/h1,13-17,19,21-22H,4-11H2,2H3,(H,18,20)/t13-,14-,15+,16+,17+/m1/s1. The topological polar surface area (TPSA) is 136 Å². The summed E-state index contributed by atoms with van der Waals surface area (Å²) in [4.78, 5) is 11.3. The molecule has 0 aliphatic carbocycles. The van der Waals surface area contributed by atoms with E-state index in [0.717, 1.165) is 0 Å². The van der Waals surface area contributed by atoms with E-state index in [4.69, 9.17) is 30.1 Å². The molecule has 1 aliphatic rings. The summed E-state index contributed by atoms with van der Waals surface area (Å²) in [5.74, 6) is 1.94. The molecule has 1 amide bonds. The molecule has 0 saturated carbocycles. The van der Waals surface area contributed by atoms with Crippen molar-refractivity contribution >= 4 is 5.91 Å². The van der Waals surface area contributed by atoms with Gasteiger partial charge in [-0.3, -0.25) is 4.79 Å². The van der Waals surface area contributed by atoms with Crippen LogP contribution in [0.3, 0.4) is 0 Å². The molecule has 0 aromatic carbocycles. The molecular formula is C17H29NO9. The summed E-state index contributed by atoms with van der Waals surface area (Å²) in [7, 11) is 0. The Hall–Kier alpha value is -1.29. The van der Waals surface area contributed by atoms with E-state index in [9.17, 15) is 20.1 Å². The zero-order valence-corrected chi connectivity index (χ0v) is 15.4. The number of terminal acetylenes is 1. The Morgan fingerprint density at radius 1 is 1.07 bits per heavy atom. The maximum atomic E-state index is 11.3. The van der Waals surface area contributed by atoms with Gasteiger partial charge in [-0.15, -0.1) is 6.42 Å². The van der Waals surface area contributed by atoms with Crippen LogP contribution in [0.2, 0.25) is 0 Å². The van der Waals surface area contributed by atoms with E-state index < -0.39 is 43.2 Å². The molecule has 1 saturated heterocycles. The van der Waals surface area contributed by atoms with Crippen molar-refractivity contribution < 1.29 is 43.8 Å². The lowest BCUT2D eigenvalue weighted by Gasteiger charge is -2.42. The molecule has 10 nitrogen and oxygen atoms in total. The third-order valence-electron chi connectivity index (χ3n) is 3.69. The summed E-state index contributed by atoms with van der Waals surface area (Å²) in [6.45, 7) is 2.93. The van der Waals surface area contributed by atoms with Gasteiger partial charge >= 0.3 is 0 Å². The summed E-state index contributed by atoms with van der Waals surface area (Å²) in [5, 5.41) is 31.7. The largest absolute Gasteiger partial charge is 0.394 e. The Balaban J connectivity index is 2.24. The molecule has 0 aromatic heterocycles. The van der Waals surface area contributed by atoms with Crippen molar-refractivity contribution in [2.45, 2.75) is 37.6 Å². The zero-order valence-electron chi connectivity index (χ0n) is 15.4. The van der Waals surface area contributed by atoms with Gasteiger partial charge in [0.25, 0.3) is 0 Å². The average molecular weight is 391 g/mol. The zero-order chi connectivity index (χ0) is 20.1. The smallest absolute Gasteiger partial charge is 0.217 e. The molecular weight excluding hydrogens is 362 g/mol. The molecule has 10 heteroatoms. The van der Waals surface area contributed by atoms with E-state index in [1.807, 2.05) is 0 Å². The maximum Gasteiger partial charge on any atom is 0.217 e. The molecule has 0 bridgehead atoms. The number of hydrogen-bond acceptors (Lipinski definition) is 9. The van der Waals surface area contributed by atoms with Gasteiger partial charge in [0, 0.05) is 6.92 Å². The van der Waals surface area contributed by atoms with E-state index >= 15 is 0 Å². The van der Waals surface area contributed by atoms with Crippen LogP contribution in [0.5, 0.6) is 0 Å². The first-order valence-electron chi connectivity index (χ1n) is 8.69. The van der Waals surface area contributed by atoms with Gasteiger partial charge < -0.3 is 44.3 Å². The van der Waals surface area contributed by atoms with E-state index in [-0.39, 0.29) is 19.8 Å². The molecule has 0 unspecified atom stereocenters. The Kier molecular flexibility index (Phi) is 12.2. The summed E-state index contributed by atoms with van der Waals surface area (Å²) < 4.78 is 26.6. The second-order valence-corrected chi connectivity index (χ2v) is 5.79. The predicted molar refractivity (Wildman–Crippen MR) is 92.6 cm³/mol. The molecule has 1 fully saturated rings.